The highest BCUT2D eigenvalue weighted by atomic mass is 31.1. The third kappa shape index (κ3) is 4.35. The van der Waals surface area contributed by atoms with Crippen molar-refractivity contribution in [2.45, 2.75) is 0 Å². The first-order valence-electron chi connectivity index (χ1n) is 11.8. The van der Waals surface area contributed by atoms with Crippen LogP contribution in [-0.2, 0) is 0 Å². The Morgan fingerprint density at radius 2 is 0.743 bits per heavy atom. The number of fused-ring (bicyclic) bond motifs is 1. The molecule has 0 aliphatic carbocycles. The van der Waals surface area contributed by atoms with Crippen LogP contribution in [0.15, 0.2) is 146 Å². The fourth-order valence-electron chi connectivity index (χ4n) is 4.62. The summed E-state index contributed by atoms with van der Waals surface area (Å²) in [6, 6.07) is 52.8. The van der Waals surface area contributed by atoms with Gasteiger partial charge in [-0.2, -0.15) is 0 Å². The van der Waals surface area contributed by atoms with Gasteiger partial charge in [0, 0.05) is 24.1 Å². The molecule has 0 aliphatic rings. The minimum Gasteiger partial charge on any atom is -0.354 e. The highest BCUT2D eigenvalue weighted by Crippen LogP contribution is 2.41. The van der Waals surface area contributed by atoms with Crippen LogP contribution in [0.25, 0.3) is 10.9 Å². The zero-order valence-corrected chi connectivity index (χ0v) is 21.0. The topological polar surface area (TPSA) is 15.8 Å². The lowest BCUT2D eigenvalue weighted by Gasteiger charge is -2.25. The van der Waals surface area contributed by atoms with E-state index in [1.54, 1.807) is 0 Å². The van der Waals surface area contributed by atoms with E-state index >= 15 is 0 Å². The normalized spacial score (nSPS) is 11.4. The molecule has 35 heavy (non-hydrogen) atoms. The molecule has 6 aromatic rings. The van der Waals surface area contributed by atoms with Crippen molar-refractivity contribution in [2.75, 3.05) is 0 Å². The number of nitrogens with one attached hydrogen (secondary N) is 1. The Bertz CT molecular complexity index is 1450. The molecule has 0 amide bonds. The van der Waals surface area contributed by atoms with E-state index in [1.807, 2.05) is 0 Å². The number of hydrogen-bond donors (Lipinski definition) is 1. The standard InChI is InChI=1S/C32H25NP2/c1-5-15-25(16-6-1)34(26-17-7-2-8-18-26)31-29-23-13-14-24-30(29)33-32(31)35(27-19-9-3-10-20-27)28-21-11-4-12-22-28/h1-24,33H. The second-order valence-electron chi connectivity index (χ2n) is 8.38. The summed E-state index contributed by atoms with van der Waals surface area (Å²) in [5.41, 5.74) is 2.55. The van der Waals surface area contributed by atoms with Gasteiger partial charge in [-0.25, -0.2) is 0 Å². The number of rotatable bonds is 6. The Morgan fingerprint density at radius 3 is 1.20 bits per heavy atom. The van der Waals surface area contributed by atoms with Crippen LogP contribution in [0.4, 0.5) is 0 Å². The number of aromatic amines is 1. The van der Waals surface area contributed by atoms with E-state index in [4.69, 9.17) is 0 Å². The maximum Gasteiger partial charge on any atom is 0.0570 e. The van der Waals surface area contributed by atoms with Crippen LogP contribution in [0.5, 0.6) is 0 Å². The predicted octanol–water partition coefficient (Wildman–Crippen LogP) is 5.68. The summed E-state index contributed by atoms with van der Waals surface area (Å²) >= 11 is 0. The summed E-state index contributed by atoms with van der Waals surface area (Å²) in [5, 5.41) is 8.22. The predicted molar refractivity (Wildman–Crippen MR) is 156 cm³/mol. The lowest BCUT2D eigenvalue weighted by molar-refractivity contribution is 1.55. The van der Waals surface area contributed by atoms with Gasteiger partial charge in [0.05, 0.1) is 5.44 Å². The van der Waals surface area contributed by atoms with Gasteiger partial charge in [0.15, 0.2) is 0 Å². The fourth-order valence-corrected chi connectivity index (χ4v) is 10.0. The average molecular weight is 486 g/mol. The molecule has 0 saturated heterocycles. The zero-order chi connectivity index (χ0) is 23.5. The van der Waals surface area contributed by atoms with Gasteiger partial charge in [-0.3, -0.25) is 0 Å². The quantitative estimate of drug-likeness (QED) is 0.292. The van der Waals surface area contributed by atoms with Gasteiger partial charge in [0.2, 0.25) is 0 Å². The Balaban J connectivity index is 1.68. The molecule has 0 atom stereocenters. The van der Waals surface area contributed by atoms with E-state index in [9.17, 15) is 0 Å². The molecule has 6 rings (SSSR count). The van der Waals surface area contributed by atoms with E-state index in [2.05, 4.69) is 151 Å². The molecule has 0 saturated carbocycles. The van der Waals surface area contributed by atoms with Crippen LogP contribution in [0.2, 0.25) is 0 Å². The van der Waals surface area contributed by atoms with Crippen molar-refractivity contribution in [2.24, 2.45) is 0 Å². The molecule has 1 aromatic heterocycles. The molecule has 5 aromatic carbocycles. The van der Waals surface area contributed by atoms with E-state index in [0.29, 0.717) is 0 Å². The Kier molecular flexibility index (Phi) is 6.29. The van der Waals surface area contributed by atoms with Crippen LogP contribution in [0.1, 0.15) is 0 Å². The van der Waals surface area contributed by atoms with Gasteiger partial charge in [-0.1, -0.05) is 140 Å². The Labute approximate surface area is 209 Å². The van der Waals surface area contributed by atoms with Crippen molar-refractivity contribution in [3.05, 3.63) is 146 Å². The van der Waals surface area contributed by atoms with E-state index in [1.165, 1.54) is 42.9 Å². The SMILES string of the molecule is c1ccc(P(c2ccccc2)c2[nH]c3ccccc3c2P(c2ccccc2)c2ccccc2)cc1. The Morgan fingerprint density at radius 1 is 0.371 bits per heavy atom. The first kappa shape index (κ1) is 22.0. The van der Waals surface area contributed by atoms with Crippen LogP contribution >= 0.6 is 15.8 Å². The molecule has 168 valence electrons. The minimum absolute atomic E-state index is 0.758. The van der Waals surface area contributed by atoms with Crippen molar-refractivity contribution in [1.82, 2.24) is 4.98 Å². The second kappa shape index (κ2) is 10.0. The molecule has 1 N–H and O–H groups in total. The van der Waals surface area contributed by atoms with Crippen molar-refractivity contribution in [3.8, 4) is 0 Å². The average Bonchev–Trinajstić information content (AvgIpc) is 3.30. The molecular formula is C32H25NP2. The molecular weight excluding hydrogens is 460 g/mol. The summed E-state index contributed by atoms with van der Waals surface area (Å²) in [5.74, 6) is 0. The highest BCUT2D eigenvalue weighted by molar-refractivity contribution is 7.85. The molecule has 0 fully saturated rings. The van der Waals surface area contributed by atoms with Gasteiger partial charge in [0.1, 0.15) is 0 Å². The number of para-hydroxylation sites is 1. The lowest BCUT2D eigenvalue weighted by atomic mass is 10.2. The third-order valence-electron chi connectivity index (χ3n) is 6.16. The molecule has 1 nitrogen and oxygen atoms in total. The van der Waals surface area contributed by atoms with Crippen LogP contribution in [-0.4, -0.2) is 4.98 Å². The molecule has 3 heteroatoms. The molecule has 1 heterocycles. The number of hydrogen-bond acceptors (Lipinski definition) is 0. The van der Waals surface area contributed by atoms with Crippen molar-refractivity contribution in [1.29, 1.82) is 0 Å². The van der Waals surface area contributed by atoms with Gasteiger partial charge in [-0.15, -0.1) is 0 Å². The van der Waals surface area contributed by atoms with Crippen LogP contribution in [0.3, 0.4) is 0 Å². The molecule has 0 bridgehead atoms. The van der Waals surface area contributed by atoms with Crippen LogP contribution in [0, 0.1) is 0 Å². The maximum absolute atomic E-state index is 3.93. The monoisotopic (exact) mass is 485 g/mol. The minimum atomic E-state index is -0.766. The van der Waals surface area contributed by atoms with Crippen molar-refractivity contribution in [3.63, 3.8) is 0 Å². The molecule has 0 unspecified atom stereocenters. The second-order valence-corrected chi connectivity index (χ2v) is 12.7. The van der Waals surface area contributed by atoms with Crippen molar-refractivity contribution < 1.29 is 0 Å². The summed E-state index contributed by atoms with van der Waals surface area (Å²) in [6.45, 7) is 0. The number of H-pyrrole nitrogens is 1. The smallest absolute Gasteiger partial charge is 0.0570 e. The molecule has 0 aliphatic heterocycles. The highest BCUT2D eigenvalue weighted by Gasteiger charge is 2.29. The fraction of sp³-hybridized carbons (Fsp3) is 0. The largest absolute Gasteiger partial charge is 0.354 e. The van der Waals surface area contributed by atoms with Gasteiger partial charge in [-0.05, 0) is 35.2 Å². The van der Waals surface area contributed by atoms with E-state index < -0.39 is 15.8 Å². The Hall–Kier alpha value is -3.50. The van der Waals surface area contributed by atoms with E-state index in [-0.39, 0.29) is 0 Å². The lowest BCUT2D eigenvalue weighted by Crippen LogP contribution is -2.34. The summed E-state index contributed by atoms with van der Waals surface area (Å²) in [7, 11) is -1.52. The van der Waals surface area contributed by atoms with Crippen molar-refractivity contribution >= 4 is 58.7 Å². The van der Waals surface area contributed by atoms with Gasteiger partial charge >= 0.3 is 0 Å². The zero-order valence-electron chi connectivity index (χ0n) is 19.3. The van der Waals surface area contributed by atoms with Gasteiger partial charge in [0.25, 0.3) is 0 Å². The van der Waals surface area contributed by atoms with Gasteiger partial charge < -0.3 is 4.98 Å². The molecule has 0 radical (unpaired) electrons. The maximum atomic E-state index is 3.93. The van der Waals surface area contributed by atoms with E-state index in [0.717, 1.165) is 0 Å². The van der Waals surface area contributed by atoms with Crippen LogP contribution < -0.4 is 32.0 Å². The summed E-state index contributed by atoms with van der Waals surface area (Å²) < 4.78 is 0. The first-order chi connectivity index (χ1) is 17.4. The summed E-state index contributed by atoms with van der Waals surface area (Å²) in [4.78, 5) is 3.93. The summed E-state index contributed by atoms with van der Waals surface area (Å²) in [6.07, 6.45) is 0. The number of aromatic nitrogens is 1. The number of benzene rings is 5. The third-order valence-corrected chi connectivity index (χ3v) is 11.3. The first-order valence-corrected chi connectivity index (χ1v) is 14.5. The molecule has 0 spiro atoms.